The van der Waals surface area contributed by atoms with Crippen molar-refractivity contribution in [3.05, 3.63) is 150 Å². The molecule has 1 heterocycles. The molecule has 4 aromatic carbocycles. The fraction of sp³-hybridized carbons (Fsp3) is 0.263. The fourth-order valence-electron chi connectivity index (χ4n) is 6.35. The monoisotopic (exact) mass is 557 g/mol. The fourth-order valence-corrected chi connectivity index (χ4v) is 6.35. The Labute approximate surface area is 249 Å². The van der Waals surface area contributed by atoms with Gasteiger partial charge in [-0.2, -0.15) is 0 Å². The van der Waals surface area contributed by atoms with Crippen LogP contribution < -0.4 is 4.90 Å². The molecule has 4 heteroatoms. The Bertz CT molecular complexity index is 1400. The van der Waals surface area contributed by atoms with Crippen LogP contribution in [0.15, 0.2) is 128 Å². The number of anilines is 1. The molecule has 0 aromatic heterocycles. The van der Waals surface area contributed by atoms with Crippen molar-refractivity contribution in [2.75, 3.05) is 4.90 Å². The number of amides is 1. The molecular weight excluding hydrogens is 518 g/mol. The van der Waals surface area contributed by atoms with Crippen LogP contribution in [0.25, 0.3) is 0 Å². The molecular formula is C38H39NO3. The molecule has 1 N–H and O–H groups in total. The number of benzene rings is 4. The van der Waals surface area contributed by atoms with Crippen LogP contribution in [0.2, 0.25) is 0 Å². The second-order valence-corrected chi connectivity index (χ2v) is 11.0. The van der Waals surface area contributed by atoms with Gasteiger partial charge >= 0.3 is 0 Å². The number of hydrogen-bond acceptors (Lipinski definition) is 3. The van der Waals surface area contributed by atoms with E-state index in [-0.39, 0.29) is 6.42 Å². The van der Waals surface area contributed by atoms with Gasteiger partial charge in [-0.3, -0.25) is 14.5 Å². The molecule has 1 aliphatic rings. The van der Waals surface area contributed by atoms with Gasteiger partial charge in [0.2, 0.25) is 5.60 Å². The summed E-state index contributed by atoms with van der Waals surface area (Å²) < 4.78 is 0. The predicted molar refractivity (Wildman–Crippen MR) is 169 cm³/mol. The summed E-state index contributed by atoms with van der Waals surface area (Å²) >= 11 is 0. The molecule has 1 aliphatic heterocycles. The lowest BCUT2D eigenvalue weighted by Crippen LogP contribution is -2.55. The first-order valence-corrected chi connectivity index (χ1v) is 15.0. The highest BCUT2D eigenvalue weighted by atomic mass is 16.3. The largest absolute Gasteiger partial charge is 0.369 e. The van der Waals surface area contributed by atoms with Gasteiger partial charge in [0.15, 0.2) is 5.78 Å². The summed E-state index contributed by atoms with van der Waals surface area (Å²) in [5, 5.41) is 12.2. The highest BCUT2D eigenvalue weighted by molar-refractivity contribution is 6.21. The van der Waals surface area contributed by atoms with Crippen molar-refractivity contribution in [3.8, 4) is 0 Å². The van der Waals surface area contributed by atoms with Gasteiger partial charge in [-0.25, -0.2) is 0 Å². The number of para-hydroxylation sites is 1. The van der Waals surface area contributed by atoms with E-state index in [1.54, 1.807) is 17.0 Å². The standard InChI is InChI=1S/C38H39NO3/c1-2-3-4-5-6-7-8-18-29-35(40)38(42)33-27-19-20-28-34(33)39(36(38)41)37(30-21-12-9-13-22-30,31-23-14-10-15-24-31)32-25-16-11-17-26-32/h2,9-17,19-28,42H,1,3-8,18,29H2/t38-/m1/s1. The average molecular weight is 558 g/mol. The van der Waals surface area contributed by atoms with Gasteiger partial charge in [-0.1, -0.05) is 141 Å². The smallest absolute Gasteiger partial charge is 0.272 e. The van der Waals surface area contributed by atoms with E-state index < -0.39 is 22.8 Å². The number of carbonyl (C=O) groups is 2. The molecule has 1 atom stereocenters. The molecule has 0 fully saturated rings. The van der Waals surface area contributed by atoms with Gasteiger partial charge in [0.1, 0.15) is 5.54 Å². The number of aliphatic hydroxyl groups is 1. The van der Waals surface area contributed by atoms with Crippen molar-refractivity contribution < 1.29 is 14.7 Å². The number of ketones is 1. The van der Waals surface area contributed by atoms with Crippen molar-refractivity contribution in [1.29, 1.82) is 0 Å². The number of hydrogen-bond donors (Lipinski definition) is 1. The quantitative estimate of drug-likeness (QED) is 0.0738. The molecule has 0 aliphatic carbocycles. The zero-order valence-electron chi connectivity index (χ0n) is 24.1. The van der Waals surface area contributed by atoms with E-state index in [1.807, 2.05) is 109 Å². The first-order chi connectivity index (χ1) is 20.6. The van der Waals surface area contributed by atoms with Gasteiger partial charge < -0.3 is 5.11 Å². The molecule has 0 saturated heterocycles. The van der Waals surface area contributed by atoms with Gasteiger partial charge in [0.05, 0.1) is 5.69 Å². The maximum absolute atomic E-state index is 14.8. The molecule has 4 nitrogen and oxygen atoms in total. The first kappa shape index (κ1) is 29.2. The summed E-state index contributed by atoms with van der Waals surface area (Å²) in [6.07, 6.45) is 9.05. The Morgan fingerprint density at radius 2 is 1.14 bits per heavy atom. The van der Waals surface area contributed by atoms with Crippen molar-refractivity contribution in [2.24, 2.45) is 0 Å². The summed E-state index contributed by atoms with van der Waals surface area (Å²) in [5.74, 6) is -1.06. The molecule has 214 valence electrons. The lowest BCUT2D eigenvalue weighted by molar-refractivity contribution is -0.150. The maximum Gasteiger partial charge on any atom is 0.272 e. The molecule has 0 spiro atoms. The van der Waals surface area contributed by atoms with E-state index in [9.17, 15) is 14.7 Å². The van der Waals surface area contributed by atoms with E-state index in [4.69, 9.17) is 0 Å². The Balaban J connectivity index is 1.57. The third-order valence-corrected chi connectivity index (χ3v) is 8.42. The SMILES string of the molecule is C=CCCCCCCCCC(=O)[C@@]1(O)C(=O)N(C(c2ccccc2)(c2ccccc2)c2ccccc2)c2ccccc21. The number of fused-ring (bicyclic) bond motifs is 1. The van der Waals surface area contributed by atoms with Crippen LogP contribution in [0.4, 0.5) is 5.69 Å². The van der Waals surface area contributed by atoms with Crippen molar-refractivity contribution >= 4 is 17.4 Å². The van der Waals surface area contributed by atoms with E-state index in [0.717, 1.165) is 55.2 Å². The highest BCUT2D eigenvalue weighted by Crippen LogP contribution is 2.52. The number of Topliss-reactive ketones (excluding diaryl/α,β-unsaturated/α-hetero) is 1. The number of nitrogens with zero attached hydrogens (tertiary/aromatic N) is 1. The van der Waals surface area contributed by atoms with E-state index in [0.29, 0.717) is 17.7 Å². The van der Waals surface area contributed by atoms with Crippen LogP contribution in [-0.4, -0.2) is 16.8 Å². The summed E-state index contributed by atoms with van der Waals surface area (Å²) in [5.41, 5.74) is 0.0713. The van der Waals surface area contributed by atoms with Crippen LogP contribution in [0.3, 0.4) is 0 Å². The topological polar surface area (TPSA) is 57.6 Å². The maximum atomic E-state index is 14.8. The second-order valence-electron chi connectivity index (χ2n) is 11.0. The number of rotatable bonds is 14. The molecule has 0 bridgehead atoms. The van der Waals surface area contributed by atoms with Crippen LogP contribution in [0.5, 0.6) is 0 Å². The molecule has 42 heavy (non-hydrogen) atoms. The zero-order valence-corrected chi connectivity index (χ0v) is 24.1. The van der Waals surface area contributed by atoms with Gasteiger partial charge in [0.25, 0.3) is 5.91 Å². The van der Waals surface area contributed by atoms with E-state index in [2.05, 4.69) is 6.58 Å². The number of carbonyl (C=O) groups excluding carboxylic acids is 2. The van der Waals surface area contributed by atoms with Crippen LogP contribution in [0.1, 0.15) is 73.6 Å². The number of unbranched alkanes of at least 4 members (excludes halogenated alkanes) is 6. The molecule has 4 aromatic rings. The summed E-state index contributed by atoms with van der Waals surface area (Å²) in [4.78, 5) is 30.3. The summed E-state index contributed by atoms with van der Waals surface area (Å²) in [6.45, 7) is 3.77. The van der Waals surface area contributed by atoms with Crippen molar-refractivity contribution in [3.63, 3.8) is 0 Å². The normalized spacial score (nSPS) is 16.3. The first-order valence-electron chi connectivity index (χ1n) is 15.0. The third kappa shape index (κ3) is 5.23. The Hall–Kier alpha value is -4.28. The highest BCUT2D eigenvalue weighted by Gasteiger charge is 2.60. The molecule has 0 saturated carbocycles. The second kappa shape index (κ2) is 13.1. The minimum atomic E-state index is -2.26. The van der Waals surface area contributed by atoms with Gasteiger partial charge in [-0.15, -0.1) is 6.58 Å². The molecule has 0 unspecified atom stereocenters. The molecule has 5 rings (SSSR count). The average Bonchev–Trinajstić information content (AvgIpc) is 3.28. The predicted octanol–water partition coefficient (Wildman–Crippen LogP) is 8.09. The summed E-state index contributed by atoms with van der Waals surface area (Å²) in [6, 6.07) is 36.8. The van der Waals surface area contributed by atoms with Gasteiger partial charge in [0, 0.05) is 12.0 Å². The van der Waals surface area contributed by atoms with Crippen molar-refractivity contribution in [2.45, 2.75) is 62.5 Å². The van der Waals surface area contributed by atoms with Crippen LogP contribution in [-0.2, 0) is 20.7 Å². The van der Waals surface area contributed by atoms with Crippen molar-refractivity contribution in [1.82, 2.24) is 0 Å². The van der Waals surface area contributed by atoms with E-state index >= 15 is 0 Å². The zero-order chi connectivity index (χ0) is 29.4. The van der Waals surface area contributed by atoms with Crippen LogP contribution >= 0.6 is 0 Å². The number of allylic oxidation sites excluding steroid dienone is 1. The summed E-state index contributed by atoms with van der Waals surface area (Å²) in [7, 11) is 0. The van der Waals surface area contributed by atoms with E-state index in [1.165, 1.54) is 0 Å². The Morgan fingerprint density at radius 1 is 0.690 bits per heavy atom. The third-order valence-electron chi connectivity index (χ3n) is 8.42. The van der Waals surface area contributed by atoms with Crippen LogP contribution in [0, 0.1) is 0 Å². The molecule has 0 radical (unpaired) electrons. The lowest BCUT2D eigenvalue weighted by Gasteiger charge is -2.44. The Kier molecular flexibility index (Phi) is 9.14. The molecule has 1 amide bonds. The minimum Gasteiger partial charge on any atom is -0.369 e. The minimum absolute atomic E-state index is 0.145. The van der Waals surface area contributed by atoms with Gasteiger partial charge in [-0.05, 0) is 42.0 Å². The Morgan fingerprint density at radius 3 is 1.67 bits per heavy atom. The lowest BCUT2D eigenvalue weighted by atomic mass is 9.75.